The van der Waals surface area contributed by atoms with E-state index in [1.54, 1.807) is 7.11 Å². The largest absolute Gasteiger partial charge is 0.494 e. The van der Waals surface area contributed by atoms with Gasteiger partial charge in [0.15, 0.2) is 5.75 Å². The number of hydrogen-bond acceptors (Lipinski definition) is 2. The van der Waals surface area contributed by atoms with Gasteiger partial charge in [0.1, 0.15) is 0 Å². The molecule has 2 aromatic rings. The molecule has 1 aromatic heterocycles. The van der Waals surface area contributed by atoms with Crippen molar-refractivity contribution >= 4 is 16.6 Å². The topological polar surface area (TPSA) is 40.2 Å². The minimum Gasteiger partial charge on any atom is -0.494 e. The van der Waals surface area contributed by atoms with Gasteiger partial charge >= 0.3 is 0 Å². The number of nitrogens with zero attached hydrogens (tertiary/aromatic N) is 1. The molecule has 2 rings (SSSR count). The fourth-order valence-electron chi connectivity index (χ4n) is 1.95. The highest BCUT2D eigenvalue weighted by molar-refractivity contribution is 5.93. The molecule has 0 aliphatic heterocycles. The maximum atomic E-state index is 5.87. The molecule has 0 spiro atoms. The quantitative estimate of drug-likeness (QED) is 0.699. The van der Waals surface area contributed by atoms with Crippen LogP contribution in [0.3, 0.4) is 0 Å². The van der Waals surface area contributed by atoms with Crippen LogP contribution in [0.25, 0.3) is 10.9 Å². The smallest absolute Gasteiger partial charge is 0.151 e. The lowest BCUT2D eigenvalue weighted by molar-refractivity contribution is 0.422. The van der Waals surface area contributed by atoms with Gasteiger partial charge in [0, 0.05) is 18.6 Å². The molecule has 0 radical (unpaired) electrons. The van der Waals surface area contributed by atoms with Gasteiger partial charge in [0.25, 0.3) is 0 Å². The molecule has 0 saturated carbocycles. The van der Waals surface area contributed by atoms with Gasteiger partial charge < -0.3 is 15.0 Å². The number of anilines is 1. The summed E-state index contributed by atoms with van der Waals surface area (Å²) in [6.07, 6.45) is 2.01. The van der Waals surface area contributed by atoms with E-state index in [1.807, 2.05) is 25.4 Å². The lowest BCUT2D eigenvalue weighted by atomic mass is 10.1. The Morgan fingerprint density at radius 1 is 1.43 bits per heavy atom. The molecule has 74 valence electrons. The number of aryl methyl sites for hydroxylation is 2. The van der Waals surface area contributed by atoms with Gasteiger partial charge in [-0.25, -0.2) is 0 Å². The summed E-state index contributed by atoms with van der Waals surface area (Å²) >= 11 is 0. The van der Waals surface area contributed by atoms with Crippen LogP contribution in [0.1, 0.15) is 5.56 Å². The van der Waals surface area contributed by atoms with Crippen molar-refractivity contribution in [1.29, 1.82) is 0 Å². The average Bonchev–Trinajstić information content (AvgIpc) is 2.49. The normalized spacial score (nSPS) is 10.8. The van der Waals surface area contributed by atoms with E-state index in [2.05, 4.69) is 11.5 Å². The Hall–Kier alpha value is -1.64. The van der Waals surface area contributed by atoms with Crippen LogP contribution >= 0.6 is 0 Å². The van der Waals surface area contributed by atoms with Gasteiger partial charge in [-0.2, -0.15) is 0 Å². The minimum absolute atomic E-state index is 0.698. The third-order valence-electron chi connectivity index (χ3n) is 2.53. The highest BCUT2D eigenvalue weighted by Crippen LogP contribution is 2.34. The number of rotatable bonds is 1. The molecular formula is C11H14N2O. The van der Waals surface area contributed by atoms with Crippen molar-refractivity contribution in [3.8, 4) is 5.75 Å². The molecule has 0 aliphatic carbocycles. The van der Waals surface area contributed by atoms with E-state index < -0.39 is 0 Å². The zero-order valence-electron chi connectivity index (χ0n) is 8.66. The summed E-state index contributed by atoms with van der Waals surface area (Å²) in [6, 6.07) is 3.97. The first kappa shape index (κ1) is 8.94. The Kier molecular flexibility index (Phi) is 1.88. The molecule has 1 aromatic carbocycles. The lowest BCUT2D eigenvalue weighted by Gasteiger charge is -2.09. The Morgan fingerprint density at radius 3 is 2.79 bits per heavy atom. The van der Waals surface area contributed by atoms with Gasteiger partial charge in [-0.3, -0.25) is 0 Å². The van der Waals surface area contributed by atoms with E-state index in [-0.39, 0.29) is 0 Å². The van der Waals surface area contributed by atoms with E-state index in [4.69, 9.17) is 10.5 Å². The Balaban J connectivity index is 2.92. The molecule has 0 fully saturated rings. The fourth-order valence-corrected chi connectivity index (χ4v) is 1.95. The summed E-state index contributed by atoms with van der Waals surface area (Å²) in [7, 11) is 3.67. The van der Waals surface area contributed by atoms with Crippen LogP contribution in [0.2, 0.25) is 0 Å². The highest BCUT2D eigenvalue weighted by atomic mass is 16.5. The zero-order valence-corrected chi connectivity index (χ0v) is 8.66. The van der Waals surface area contributed by atoms with Crippen molar-refractivity contribution < 1.29 is 4.74 Å². The third-order valence-corrected chi connectivity index (χ3v) is 2.53. The predicted octanol–water partition coefficient (Wildman–Crippen LogP) is 2.08. The second-order valence-corrected chi connectivity index (χ2v) is 3.50. The van der Waals surface area contributed by atoms with Crippen molar-refractivity contribution in [1.82, 2.24) is 4.57 Å². The first-order valence-corrected chi connectivity index (χ1v) is 4.53. The van der Waals surface area contributed by atoms with Gasteiger partial charge in [-0.15, -0.1) is 0 Å². The molecule has 0 atom stereocenters. The molecule has 0 amide bonds. The fraction of sp³-hybridized carbons (Fsp3) is 0.273. The molecule has 3 heteroatoms. The van der Waals surface area contributed by atoms with Crippen molar-refractivity contribution in [2.75, 3.05) is 12.8 Å². The average molecular weight is 190 g/mol. The SMILES string of the molecule is COc1c(N)cc(C)c2c1ccn2C. The van der Waals surface area contributed by atoms with Crippen molar-refractivity contribution in [2.24, 2.45) is 7.05 Å². The van der Waals surface area contributed by atoms with Crippen molar-refractivity contribution in [3.05, 3.63) is 23.9 Å². The molecule has 1 heterocycles. The standard InChI is InChI=1S/C11H14N2O/c1-7-6-9(12)11(14-3)8-4-5-13(2)10(7)8/h4-6H,12H2,1-3H3. The number of hydrogen-bond donors (Lipinski definition) is 1. The van der Waals surface area contributed by atoms with Crippen LogP contribution in [0.5, 0.6) is 5.75 Å². The van der Waals surface area contributed by atoms with Crippen LogP contribution in [0, 0.1) is 6.92 Å². The second kappa shape index (κ2) is 2.94. The van der Waals surface area contributed by atoms with E-state index in [1.165, 1.54) is 11.1 Å². The van der Waals surface area contributed by atoms with E-state index in [0.29, 0.717) is 5.69 Å². The molecule has 0 bridgehead atoms. The summed E-state index contributed by atoms with van der Waals surface area (Å²) in [4.78, 5) is 0. The van der Waals surface area contributed by atoms with Crippen LogP contribution in [0.4, 0.5) is 5.69 Å². The van der Waals surface area contributed by atoms with Gasteiger partial charge in [-0.05, 0) is 24.6 Å². The number of nitrogens with two attached hydrogens (primary N) is 1. The summed E-state index contributed by atoms with van der Waals surface area (Å²) in [5.74, 6) is 0.770. The molecule has 2 N–H and O–H groups in total. The molecular weight excluding hydrogens is 176 g/mol. The number of aromatic nitrogens is 1. The Morgan fingerprint density at radius 2 is 2.14 bits per heavy atom. The van der Waals surface area contributed by atoms with E-state index >= 15 is 0 Å². The van der Waals surface area contributed by atoms with Crippen LogP contribution in [0.15, 0.2) is 18.3 Å². The molecule has 0 unspecified atom stereocenters. The number of methoxy groups -OCH3 is 1. The molecule has 0 saturated heterocycles. The maximum Gasteiger partial charge on any atom is 0.151 e. The predicted molar refractivity (Wildman–Crippen MR) is 58.6 cm³/mol. The molecule has 0 aliphatic rings. The van der Waals surface area contributed by atoms with Crippen LogP contribution < -0.4 is 10.5 Å². The third kappa shape index (κ3) is 1.05. The molecule has 3 nitrogen and oxygen atoms in total. The summed E-state index contributed by atoms with van der Waals surface area (Å²) in [5.41, 5.74) is 8.92. The van der Waals surface area contributed by atoms with E-state index in [0.717, 1.165) is 11.1 Å². The first-order chi connectivity index (χ1) is 6.65. The Bertz CT molecular complexity index is 485. The van der Waals surface area contributed by atoms with Gasteiger partial charge in [-0.1, -0.05) is 0 Å². The second-order valence-electron chi connectivity index (χ2n) is 3.50. The van der Waals surface area contributed by atoms with Crippen molar-refractivity contribution in [2.45, 2.75) is 6.92 Å². The zero-order chi connectivity index (χ0) is 10.3. The maximum absolute atomic E-state index is 5.87. The van der Waals surface area contributed by atoms with Gasteiger partial charge in [0.2, 0.25) is 0 Å². The number of nitrogen functional groups attached to an aromatic ring is 1. The minimum atomic E-state index is 0.698. The summed E-state index contributed by atoms with van der Waals surface area (Å²) in [5, 5.41) is 1.08. The lowest BCUT2D eigenvalue weighted by Crippen LogP contribution is -1.96. The molecule has 14 heavy (non-hydrogen) atoms. The first-order valence-electron chi connectivity index (χ1n) is 4.53. The number of fused-ring (bicyclic) bond motifs is 1. The Labute approximate surface area is 83.1 Å². The number of benzene rings is 1. The van der Waals surface area contributed by atoms with Crippen molar-refractivity contribution in [3.63, 3.8) is 0 Å². The van der Waals surface area contributed by atoms with Crippen LogP contribution in [-0.4, -0.2) is 11.7 Å². The van der Waals surface area contributed by atoms with Gasteiger partial charge in [0.05, 0.1) is 18.3 Å². The summed E-state index contributed by atoms with van der Waals surface area (Å²) in [6.45, 7) is 2.05. The van der Waals surface area contributed by atoms with Crippen LogP contribution in [-0.2, 0) is 7.05 Å². The monoisotopic (exact) mass is 190 g/mol. The number of ether oxygens (including phenoxy) is 1. The van der Waals surface area contributed by atoms with E-state index in [9.17, 15) is 0 Å². The summed E-state index contributed by atoms with van der Waals surface area (Å²) < 4.78 is 7.36. The highest BCUT2D eigenvalue weighted by Gasteiger charge is 2.10.